The molecule has 2 heterocycles. The molecule has 2 fully saturated rings. The molecule has 136 valence electrons. The summed E-state index contributed by atoms with van der Waals surface area (Å²) in [5, 5.41) is 3.51. The van der Waals surface area contributed by atoms with Crippen molar-refractivity contribution in [2.24, 2.45) is 0 Å². The molecule has 2 aliphatic heterocycles. The Morgan fingerprint density at radius 1 is 1.32 bits per heavy atom. The quantitative estimate of drug-likeness (QED) is 0.873. The van der Waals surface area contributed by atoms with Gasteiger partial charge in [0.25, 0.3) is 0 Å². The number of hydrogen-bond donors (Lipinski definition) is 1. The van der Waals surface area contributed by atoms with Crippen molar-refractivity contribution in [1.29, 1.82) is 0 Å². The van der Waals surface area contributed by atoms with Crippen LogP contribution in [0.1, 0.15) is 24.8 Å². The van der Waals surface area contributed by atoms with E-state index in [0.29, 0.717) is 31.1 Å². The second-order valence-electron chi connectivity index (χ2n) is 6.81. The summed E-state index contributed by atoms with van der Waals surface area (Å²) >= 11 is 6.11. The molecule has 0 radical (unpaired) electrons. The number of nitrogens with one attached hydrogen (secondary N) is 1. The van der Waals surface area contributed by atoms with Gasteiger partial charge in [-0.05, 0) is 26.0 Å². The maximum Gasteiger partial charge on any atom is 0.410 e. The predicted octanol–water partition coefficient (Wildman–Crippen LogP) is 2.26. The molecule has 1 N–H and O–H groups in total. The number of rotatable bonds is 2. The number of piperazine rings is 1. The lowest BCUT2D eigenvalue weighted by Crippen LogP contribution is -2.62. The molecule has 7 heteroatoms. The molecule has 1 aromatic rings. The van der Waals surface area contributed by atoms with E-state index in [1.54, 1.807) is 11.0 Å². The van der Waals surface area contributed by atoms with Gasteiger partial charge in [0.15, 0.2) is 0 Å². The van der Waals surface area contributed by atoms with Crippen LogP contribution in [0.3, 0.4) is 0 Å². The maximum absolute atomic E-state index is 12.5. The Morgan fingerprint density at radius 3 is 2.92 bits per heavy atom. The first-order chi connectivity index (χ1) is 12.0. The van der Waals surface area contributed by atoms with Crippen LogP contribution in [0.25, 0.3) is 0 Å². The Morgan fingerprint density at radius 2 is 2.12 bits per heavy atom. The Hall–Kier alpha value is -1.79. The van der Waals surface area contributed by atoms with Gasteiger partial charge in [-0.3, -0.25) is 9.69 Å². The minimum Gasteiger partial charge on any atom is -0.444 e. The van der Waals surface area contributed by atoms with E-state index in [2.05, 4.69) is 17.3 Å². The molecule has 1 atom stereocenters. The second-order valence-corrected chi connectivity index (χ2v) is 7.22. The molecule has 0 bridgehead atoms. The van der Waals surface area contributed by atoms with Gasteiger partial charge in [-0.1, -0.05) is 29.8 Å². The zero-order valence-corrected chi connectivity index (χ0v) is 15.2. The highest BCUT2D eigenvalue weighted by atomic mass is 35.5. The monoisotopic (exact) mass is 365 g/mol. The SMILES string of the molecule is CN1CCN(C(=O)OCc2ccccc2Cl)C[C@@]12CCNC(=O)CC2. The van der Waals surface area contributed by atoms with Crippen LogP contribution < -0.4 is 5.32 Å². The number of likely N-dealkylation sites (N-methyl/N-ethyl adjacent to an activating group) is 1. The lowest BCUT2D eigenvalue weighted by Gasteiger charge is -2.48. The summed E-state index contributed by atoms with van der Waals surface area (Å²) in [7, 11) is 2.07. The highest BCUT2D eigenvalue weighted by Crippen LogP contribution is 2.30. The summed E-state index contributed by atoms with van der Waals surface area (Å²) in [6.07, 6.45) is 1.76. The normalized spacial score (nSPS) is 24.7. The van der Waals surface area contributed by atoms with Gasteiger partial charge < -0.3 is 15.0 Å². The molecule has 2 amide bonds. The van der Waals surface area contributed by atoms with E-state index < -0.39 is 0 Å². The zero-order chi connectivity index (χ0) is 17.9. The third-order valence-corrected chi connectivity index (χ3v) is 5.67. The van der Waals surface area contributed by atoms with Crippen LogP contribution in [0.2, 0.25) is 5.02 Å². The lowest BCUT2D eigenvalue weighted by atomic mass is 9.86. The fraction of sp³-hybridized carbons (Fsp3) is 0.556. The van der Waals surface area contributed by atoms with Crippen LogP contribution in [0.15, 0.2) is 24.3 Å². The first-order valence-corrected chi connectivity index (χ1v) is 9.01. The molecule has 2 saturated heterocycles. The van der Waals surface area contributed by atoms with Crippen LogP contribution in [0, 0.1) is 0 Å². The van der Waals surface area contributed by atoms with Crippen LogP contribution in [-0.2, 0) is 16.1 Å². The average molecular weight is 366 g/mol. The molecule has 6 nitrogen and oxygen atoms in total. The van der Waals surface area contributed by atoms with Crippen molar-refractivity contribution in [2.45, 2.75) is 31.4 Å². The van der Waals surface area contributed by atoms with E-state index in [9.17, 15) is 9.59 Å². The fourth-order valence-corrected chi connectivity index (χ4v) is 3.79. The van der Waals surface area contributed by atoms with Gasteiger partial charge in [0.1, 0.15) is 6.61 Å². The summed E-state index contributed by atoms with van der Waals surface area (Å²) in [6.45, 7) is 2.79. The van der Waals surface area contributed by atoms with Crippen LogP contribution >= 0.6 is 11.6 Å². The average Bonchev–Trinajstić information content (AvgIpc) is 2.79. The van der Waals surface area contributed by atoms with E-state index in [1.807, 2.05) is 18.2 Å². The van der Waals surface area contributed by atoms with Gasteiger partial charge in [-0.25, -0.2) is 4.79 Å². The maximum atomic E-state index is 12.5. The Labute approximate surface area is 153 Å². The zero-order valence-electron chi connectivity index (χ0n) is 14.5. The summed E-state index contributed by atoms with van der Waals surface area (Å²) in [5.74, 6) is 0.0868. The molecule has 0 unspecified atom stereocenters. The van der Waals surface area contributed by atoms with Gasteiger partial charge in [0.05, 0.1) is 0 Å². The molecule has 1 spiro atoms. The summed E-state index contributed by atoms with van der Waals surface area (Å²) < 4.78 is 5.47. The topological polar surface area (TPSA) is 61.9 Å². The summed E-state index contributed by atoms with van der Waals surface area (Å²) in [5.41, 5.74) is 0.631. The molecule has 1 aromatic carbocycles. The Balaban J connectivity index is 1.63. The lowest BCUT2D eigenvalue weighted by molar-refractivity contribution is -0.121. The minimum absolute atomic E-state index is 0.0868. The van der Waals surface area contributed by atoms with Crippen LogP contribution in [-0.4, -0.2) is 60.6 Å². The predicted molar refractivity (Wildman–Crippen MR) is 95.4 cm³/mol. The Bertz CT molecular complexity index is 654. The first-order valence-electron chi connectivity index (χ1n) is 8.63. The van der Waals surface area contributed by atoms with Gasteiger partial charge in [0.2, 0.25) is 5.91 Å². The highest BCUT2D eigenvalue weighted by molar-refractivity contribution is 6.31. The second kappa shape index (κ2) is 7.62. The van der Waals surface area contributed by atoms with Crippen molar-refractivity contribution in [1.82, 2.24) is 15.1 Å². The molecule has 3 rings (SSSR count). The van der Waals surface area contributed by atoms with Crippen molar-refractivity contribution < 1.29 is 14.3 Å². The van der Waals surface area contributed by atoms with Gasteiger partial charge in [0, 0.05) is 48.7 Å². The fourth-order valence-electron chi connectivity index (χ4n) is 3.60. The summed E-state index contributed by atoms with van der Waals surface area (Å²) in [4.78, 5) is 28.2. The van der Waals surface area contributed by atoms with E-state index >= 15 is 0 Å². The number of carbonyl (C=O) groups is 2. The molecule has 0 aromatic heterocycles. The Kier molecular flexibility index (Phi) is 5.49. The summed E-state index contributed by atoms with van der Waals surface area (Å²) in [6, 6.07) is 7.35. The number of hydrogen-bond acceptors (Lipinski definition) is 4. The molecular formula is C18H24ClN3O3. The molecule has 0 aliphatic carbocycles. The standard InChI is InChI=1S/C18H24ClN3O3/c1-21-10-11-22(13-18(21)7-6-16(23)20-9-8-18)17(24)25-12-14-4-2-3-5-15(14)19/h2-5H,6-13H2,1H3,(H,20,23)/t18-/m1/s1. The molecule has 25 heavy (non-hydrogen) atoms. The van der Waals surface area contributed by atoms with Gasteiger partial charge in [-0.15, -0.1) is 0 Å². The van der Waals surface area contributed by atoms with Gasteiger partial charge >= 0.3 is 6.09 Å². The van der Waals surface area contributed by atoms with Crippen molar-refractivity contribution in [3.05, 3.63) is 34.9 Å². The van der Waals surface area contributed by atoms with Crippen LogP contribution in [0.5, 0.6) is 0 Å². The number of benzene rings is 1. The number of amides is 2. The van der Waals surface area contributed by atoms with Crippen molar-refractivity contribution in [3.63, 3.8) is 0 Å². The number of carbonyl (C=O) groups excluding carboxylic acids is 2. The van der Waals surface area contributed by atoms with E-state index in [0.717, 1.165) is 24.9 Å². The van der Waals surface area contributed by atoms with E-state index in [4.69, 9.17) is 16.3 Å². The highest BCUT2D eigenvalue weighted by Gasteiger charge is 2.42. The van der Waals surface area contributed by atoms with Crippen LogP contribution in [0.4, 0.5) is 4.79 Å². The molecule has 0 saturated carbocycles. The van der Waals surface area contributed by atoms with E-state index in [1.165, 1.54) is 0 Å². The van der Waals surface area contributed by atoms with Crippen molar-refractivity contribution in [3.8, 4) is 0 Å². The third kappa shape index (κ3) is 4.07. The number of ether oxygens (including phenoxy) is 1. The van der Waals surface area contributed by atoms with Gasteiger partial charge in [-0.2, -0.15) is 0 Å². The number of nitrogens with zero attached hydrogens (tertiary/aromatic N) is 2. The third-order valence-electron chi connectivity index (χ3n) is 5.30. The first kappa shape index (κ1) is 18.0. The molecular weight excluding hydrogens is 342 g/mol. The minimum atomic E-state index is -0.323. The largest absolute Gasteiger partial charge is 0.444 e. The van der Waals surface area contributed by atoms with Crippen molar-refractivity contribution >= 4 is 23.6 Å². The van der Waals surface area contributed by atoms with E-state index in [-0.39, 0.29) is 24.1 Å². The van der Waals surface area contributed by atoms with Crippen molar-refractivity contribution in [2.75, 3.05) is 33.2 Å². The smallest absolute Gasteiger partial charge is 0.410 e. The molecule has 2 aliphatic rings. The number of halogens is 1.